The van der Waals surface area contributed by atoms with Crippen LogP contribution in [-0.4, -0.2) is 0 Å². The van der Waals surface area contributed by atoms with Crippen molar-refractivity contribution >= 4 is 0 Å². The maximum absolute atomic E-state index is 4.13. The molecule has 0 aliphatic heterocycles. The van der Waals surface area contributed by atoms with Crippen molar-refractivity contribution in [1.29, 1.82) is 0 Å². The highest BCUT2D eigenvalue weighted by Gasteiger charge is 2.46. The molecule has 2 aliphatic carbocycles. The molecule has 0 heteroatoms. The van der Waals surface area contributed by atoms with Crippen molar-refractivity contribution < 1.29 is 0 Å². The van der Waals surface area contributed by atoms with E-state index >= 15 is 0 Å². The van der Waals surface area contributed by atoms with Gasteiger partial charge in [-0.2, -0.15) is 0 Å². The Morgan fingerprint density at radius 1 is 1.10 bits per heavy atom. The number of unbranched alkanes of at least 4 members (excludes halogenated alkanes) is 5. The van der Waals surface area contributed by atoms with E-state index in [2.05, 4.69) is 71.4 Å². The van der Waals surface area contributed by atoms with E-state index < -0.39 is 0 Å². The summed E-state index contributed by atoms with van der Waals surface area (Å²) in [5.74, 6) is 1.88. The molecule has 3 unspecified atom stereocenters. The highest BCUT2D eigenvalue weighted by atomic mass is 14.5. The summed E-state index contributed by atoms with van der Waals surface area (Å²) in [6.07, 6.45) is 36.5. The summed E-state index contributed by atoms with van der Waals surface area (Å²) in [7, 11) is 0. The van der Waals surface area contributed by atoms with Gasteiger partial charge in [-0.25, -0.2) is 0 Å². The molecule has 0 N–H and O–H groups in total. The van der Waals surface area contributed by atoms with Gasteiger partial charge in [0.25, 0.3) is 0 Å². The summed E-state index contributed by atoms with van der Waals surface area (Å²) in [6, 6.07) is 0. The van der Waals surface area contributed by atoms with Crippen molar-refractivity contribution in [3.63, 3.8) is 0 Å². The molecule has 0 heterocycles. The first-order valence-electron chi connectivity index (χ1n) is 13.0. The molecule has 0 radical (unpaired) electrons. The first-order chi connectivity index (χ1) is 15.0. The Balaban J connectivity index is 0.00000233. The lowest BCUT2D eigenvalue weighted by atomic mass is 9.64. The highest BCUT2D eigenvalue weighted by molar-refractivity contribution is 5.28. The van der Waals surface area contributed by atoms with Gasteiger partial charge in [-0.3, -0.25) is 0 Å². The lowest BCUT2D eigenvalue weighted by Crippen LogP contribution is -2.31. The van der Waals surface area contributed by atoms with E-state index in [4.69, 9.17) is 0 Å². The maximum Gasteiger partial charge on any atom is -0.0222 e. The summed E-state index contributed by atoms with van der Waals surface area (Å²) in [5.41, 5.74) is 4.97. The van der Waals surface area contributed by atoms with E-state index in [0.29, 0.717) is 5.41 Å². The third-order valence-corrected chi connectivity index (χ3v) is 7.95. The third kappa shape index (κ3) is 9.27. The van der Waals surface area contributed by atoms with Gasteiger partial charge < -0.3 is 0 Å². The fraction of sp³-hybridized carbons (Fsp3) is 0.677. The smallest absolute Gasteiger partial charge is 0.0222 e. The molecule has 31 heavy (non-hydrogen) atoms. The molecule has 2 aliphatic rings. The number of fused-ring (bicyclic) bond motifs is 1. The Morgan fingerprint density at radius 3 is 2.52 bits per heavy atom. The Labute approximate surface area is 195 Å². The van der Waals surface area contributed by atoms with E-state index in [1.165, 1.54) is 81.8 Å². The van der Waals surface area contributed by atoms with Crippen LogP contribution in [0.3, 0.4) is 0 Å². The number of hydrogen-bond donors (Lipinski definition) is 0. The number of allylic oxidation sites excluding steroid dienone is 7. The minimum Gasteiger partial charge on any atom is -0.124 e. The van der Waals surface area contributed by atoms with Gasteiger partial charge in [0.1, 0.15) is 0 Å². The standard InChI is InChI=1S/C29H48.C2H2/c1-6-8-9-10-11-12-16-27-21-22-28-20-19-26(23-29(27,28)5)15-13-14-25(4)18-17-24(3)7-2;1-2/h13-15,19,27-28H,3,6-12,16-18,20-23H2,1-2,4-5H3;1-2H/b15-13-,25-14+;. The molecule has 0 nitrogen and oxygen atoms in total. The quantitative estimate of drug-likeness (QED) is 0.120. The molecular formula is C31H50. The van der Waals surface area contributed by atoms with Gasteiger partial charge in [-0.05, 0) is 75.5 Å². The monoisotopic (exact) mass is 422 g/mol. The molecule has 0 aromatic heterocycles. The van der Waals surface area contributed by atoms with Crippen LogP contribution in [0, 0.1) is 30.1 Å². The summed E-state index contributed by atoms with van der Waals surface area (Å²) >= 11 is 0. The predicted molar refractivity (Wildman–Crippen MR) is 141 cm³/mol. The maximum atomic E-state index is 4.13. The minimum absolute atomic E-state index is 0.551. The van der Waals surface area contributed by atoms with Crippen LogP contribution in [0.1, 0.15) is 118 Å². The summed E-state index contributed by atoms with van der Waals surface area (Å²) in [5, 5.41) is 0. The largest absolute Gasteiger partial charge is 0.124 e. The molecule has 3 atom stereocenters. The number of terminal acetylenes is 1. The molecule has 1 saturated carbocycles. The molecule has 0 amide bonds. The second kappa shape index (κ2) is 15.3. The van der Waals surface area contributed by atoms with Gasteiger partial charge in [-0.15, -0.1) is 12.8 Å². The van der Waals surface area contributed by atoms with Gasteiger partial charge in [-0.1, -0.05) is 107 Å². The van der Waals surface area contributed by atoms with Crippen molar-refractivity contribution in [2.75, 3.05) is 0 Å². The molecule has 0 aromatic carbocycles. The van der Waals surface area contributed by atoms with Crippen LogP contribution in [0.25, 0.3) is 0 Å². The molecule has 0 bridgehead atoms. The third-order valence-electron chi connectivity index (χ3n) is 7.95. The van der Waals surface area contributed by atoms with Crippen LogP contribution in [-0.2, 0) is 0 Å². The average molecular weight is 423 g/mol. The fourth-order valence-corrected chi connectivity index (χ4v) is 5.62. The Bertz CT molecular complexity index is 626. The Hall–Kier alpha value is -1.48. The van der Waals surface area contributed by atoms with Crippen molar-refractivity contribution in [2.45, 2.75) is 118 Å². The van der Waals surface area contributed by atoms with Gasteiger partial charge in [0, 0.05) is 0 Å². The van der Waals surface area contributed by atoms with E-state index in [1.54, 1.807) is 5.57 Å². The van der Waals surface area contributed by atoms with Crippen LogP contribution in [0.15, 0.2) is 47.6 Å². The van der Waals surface area contributed by atoms with Gasteiger partial charge >= 0.3 is 0 Å². The Kier molecular flexibility index (Phi) is 13.6. The van der Waals surface area contributed by atoms with Gasteiger partial charge in [0.15, 0.2) is 0 Å². The lowest BCUT2D eigenvalue weighted by molar-refractivity contribution is 0.139. The molecular weight excluding hydrogens is 372 g/mol. The van der Waals surface area contributed by atoms with Gasteiger partial charge in [0.05, 0.1) is 0 Å². The zero-order valence-corrected chi connectivity index (χ0v) is 21.2. The van der Waals surface area contributed by atoms with Crippen LogP contribution >= 0.6 is 0 Å². The van der Waals surface area contributed by atoms with E-state index in [1.807, 2.05) is 0 Å². The zero-order valence-electron chi connectivity index (χ0n) is 21.2. The average Bonchev–Trinajstić information content (AvgIpc) is 3.11. The fourth-order valence-electron chi connectivity index (χ4n) is 5.62. The van der Waals surface area contributed by atoms with Crippen molar-refractivity contribution in [2.24, 2.45) is 17.3 Å². The van der Waals surface area contributed by atoms with Gasteiger partial charge in [0.2, 0.25) is 0 Å². The van der Waals surface area contributed by atoms with E-state index in [0.717, 1.165) is 31.1 Å². The normalized spacial score (nSPS) is 25.6. The van der Waals surface area contributed by atoms with Crippen molar-refractivity contribution in [3.8, 4) is 12.8 Å². The molecule has 0 saturated heterocycles. The van der Waals surface area contributed by atoms with Crippen LogP contribution < -0.4 is 0 Å². The summed E-state index contributed by atoms with van der Waals surface area (Å²) in [4.78, 5) is 0. The highest BCUT2D eigenvalue weighted by Crippen LogP contribution is 2.56. The SMILES string of the molecule is C#C.C=C(CC)CC/C(C)=C/C=C\C1=CCC2CCC(CCCCCCCC)C2(C)C1. The van der Waals surface area contributed by atoms with Crippen molar-refractivity contribution in [1.82, 2.24) is 0 Å². The summed E-state index contributed by atoms with van der Waals surface area (Å²) < 4.78 is 0. The minimum atomic E-state index is 0.551. The molecule has 0 spiro atoms. The van der Waals surface area contributed by atoms with Crippen LogP contribution in [0.2, 0.25) is 0 Å². The van der Waals surface area contributed by atoms with E-state index in [9.17, 15) is 0 Å². The molecule has 1 fully saturated rings. The topological polar surface area (TPSA) is 0 Å². The molecule has 2 rings (SSSR count). The van der Waals surface area contributed by atoms with E-state index in [-0.39, 0.29) is 0 Å². The lowest BCUT2D eigenvalue weighted by Gasteiger charge is -2.40. The first kappa shape index (κ1) is 27.6. The predicted octanol–water partition coefficient (Wildman–Crippen LogP) is 9.99. The molecule has 174 valence electrons. The first-order valence-corrected chi connectivity index (χ1v) is 13.0. The van der Waals surface area contributed by atoms with Crippen LogP contribution in [0.4, 0.5) is 0 Å². The summed E-state index contributed by atoms with van der Waals surface area (Å²) in [6.45, 7) is 13.5. The second-order valence-electron chi connectivity index (χ2n) is 10.2. The van der Waals surface area contributed by atoms with Crippen LogP contribution in [0.5, 0.6) is 0 Å². The van der Waals surface area contributed by atoms with Crippen molar-refractivity contribution in [3.05, 3.63) is 47.6 Å². The second-order valence-corrected chi connectivity index (χ2v) is 10.2. The molecule has 0 aromatic rings. The number of rotatable bonds is 13. The zero-order chi connectivity index (χ0) is 23.1. The Morgan fingerprint density at radius 2 is 1.81 bits per heavy atom. The number of hydrogen-bond acceptors (Lipinski definition) is 0.